The molecule has 0 fully saturated rings. The zero-order valence-corrected chi connectivity index (χ0v) is 4.92. The molecule has 0 aromatic rings. The van der Waals surface area contributed by atoms with Crippen LogP contribution in [0.25, 0.3) is 0 Å². The standard InChI is InChI=1S/C6H9NO/c1-4-5(2)6(8)7-3/h4-5H,1,3H2,2H3. The largest absolute Gasteiger partial charge is 0.272 e. The molecule has 0 rings (SSSR count). The summed E-state index contributed by atoms with van der Waals surface area (Å²) >= 11 is 0. The lowest BCUT2D eigenvalue weighted by atomic mass is 10.2. The van der Waals surface area contributed by atoms with E-state index >= 15 is 0 Å². The van der Waals surface area contributed by atoms with Crippen LogP contribution in [0.5, 0.6) is 0 Å². The van der Waals surface area contributed by atoms with E-state index in [0.29, 0.717) is 0 Å². The summed E-state index contributed by atoms with van der Waals surface area (Å²) in [6.07, 6.45) is 1.54. The van der Waals surface area contributed by atoms with Crippen molar-refractivity contribution >= 4 is 12.6 Å². The van der Waals surface area contributed by atoms with Gasteiger partial charge in [-0.2, -0.15) is 0 Å². The SMILES string of the molecule is C=CC(C)C(=O)N=C. The fourth-order valence-corrected chi connectivity index (χ4v) is 0.245. The third-order valence-electron chi connectivity index (χ3n) is 0.899. The van der Waals surface area contributed by atoms with Crippen LogP contribution in [0.2, 0.25) is 0 Å². The van der Waals surface area contributed by atoms with Crippen molar-refractivity contribution in [3.63, 3.8) is 0 Å². The van der Waals surface area contributed by atoms with E-state index in [9.17, 15) is 4.79 Å². The molecule has 8 heavy (non-hydrogen) atoms. The topological polar surface area (TPSA) is 29.4 Å². The van der Waals surface area contributed by atoms with Gasteiger partial charge >= 0.3 is 0 Å². The first kappa shape index (κ1) is 7.08. The first-order valence-electron chi connectivity index (χ1n) is 2.35. The smallest absolute Gasteiger partial charge is 0.251 e. The van der Waals surface area contributed by atoms with E-state index < -0.39 is 0 Å². The molecule has 0 N–H and O–H groups in total. The van der Waals surface area contributed by atoms with Gasteiger partial charge in [0.1, 0.15) is 0 Å². The molecule has 1 amide bonds. The van der Waals surface area contributed by atoms with E-state index in [1.807, 2.05) is 0 Å². The first-order chi connectivity index (χ1) is 3.72. The van der Waals surface area contributed by atoms with E-state index in [2.05, 4.69) is 18.3 Å². The minimum atomic E-state index is -0.222. The van der Waals surface area contributed by atoms with Crippen LogP contribution in [0.15, 0.2) is 17.6 Å². The molecule has 0 aliphatic rings. The van der Waals surface area contributed by atoms with Crippen molar-refractivity contribution in [2.75, 3.05) is 0 Å². The average Bonchev–Trinajstić information content (AvgIpc) is 1.84. The summed E-state index contributed by atoms with van der Waals surface area (Å²) in [6.45, 7) is 8.23. The van der Waals surface area contributed by atoms with Gasteiger partial charge in [-0.25, -0.2) is 4.99 Å². The molecule has 0 aromatic carbocycles. The lowest BCUT2D eigenvalue weighted by Gasteiger charge is -1.94. The Labute approximate surface area is 48.9 Å². The van der Waals surface area contributed by atoms with Crippen molar-refractivity contribution in [3.05, 3.63) is 12.7 Å². The second-order valence-electron chi connectivity index (χ2n) is 1.52. The Morgan fingerprint density at radius 2 is 2.38 bits per heavy atom. The molecule has 0 aliphatic heterocycles. The fraction of sp³-hybridized carbons (Fsp3) is 0.333. The summed E-state index contributed by atoms with van der Waals surface area (Å²) in [5.41, 5.74) is 0. The maximum Gasteiger partial charge on any atom is 0.251 e. The van der Waals surface area contributed by atoms with Gasteiger partial charge in [0.25, 0.3) is 5.91 Å². The third-order valence-corrected chi connectivity index (χ3v) is 0.899. The van der Waals surface area contributed by atoms with Crippen LogP contribution in [0.4, 0.5) is 0 Å². The van der Waals surface area contributed by atoms with Crippen molar-refractivity contribution in [2.24, 2.45) is 10.9 Å². The highest BCUT2D eigenvalue weighted by molar-refractivity contribution is 5.83. The van der Waals surface area contributed by atoms with Crippen LogP contribution in [0, 0.1) is 5.92 Å². The van der Waals surface area contributed by atoms with Gasteiger partial charge in [0.05, 0.1) is 5.92 Å². The Morgan fingerprint density at radius 3 is 2.50 bits per heavy atom. The van der Waals surface area contributed by atoms with E-state index in [4.69, 9.17) is 0 Å². The lowest BCUT2D eigenvalue weighted by molar-refractivity contribution is -0.119. The Morgan fingerprint density at radius 1 is 1.88 bits per heavy atom. The van der Waals surface area contributed by atoms with Gasteiger partial charge in [-0.3, -0.25) is 4.79 Å². The summed E-state index contributed by atoms with van der Waals surface area (Å²) in [6, 6.07) is 0. The number of carbonyl (C=O) groups is 1. The fourth-order valence-electron chi connectivity index (χ4n) is 0.245. The summed E-state index contributed by atoms with van der Waals surface area (Å²) < 4.78 is 0. The van der Waals surface area contributed by atoms with E-state index in [0.717, 1.165) is 0 Å². The van der Waals surface area contributed by atoms with Gasteiger partial charge in [0.2, 0.25) is 0 Å². The number of carbonyl (C=O) groups excluding carboxylic acids is 1. The van der Waals surface area contributed by atoms with E-state index in [1.54, 1.807) is 6.92 Å². The molecule has 0 heterocycles. The highest BCUT2D eigenvalue weighted by atomic mass is 16.1. The predicted molar refractivity (Wildman–Crippen MR) is 33.9 cm³/mol. The quantitative estimate of drug-likeness (QED) is 0.386. The molecule has 2 heteroatoms. The Hall–Kier alpha value is -0.920. The van der Waals surface area contributed by atoms with Gasteiger partial charge < -0.3 is 0 Å². The lowest BCUT2D eigenvalue weighted by Crippen LogP contribution is -2.02. The molecule has 0 saturated heterocycles. The Kier molecular flexibility index (Phi) is 2.77. The van der Waals surface area contributed by atoms with E-state index in [1.165, 1.54) is 6.08 Å². The van der Waals surface area contributed by atoms with Crippen LogP contribution in [-0.4, -0.2) is 12.6 Å². The van der Waals surface area contributed by atoms with Crippen LogP contribution >= 0.6 is 0 Å². The molecular formula is C6H9NO. The minimum absolute atomic E-state index is 0.188. The number of nitrogens with zero attached hydrogens (tertiary/aromatic N) is 1. The number of aliphatic imine (C=N–C) groups is 1. The molecule has 0 saturated carbocycles. The van der Waals surface area contributed by atoms with Crippen molar-refractivity contribution in [1.82, 2.24) is 0 Å². The molecule has 0 bridgehead atoms. The molecule has 0 spiro atoms. The summed E-state index contributed by atoms with van der Waals surface area (Å²) in [5, 5.41) is 0. The van der Waals surface area contributed by atoms with Crippen LogP contribution in [0.3, 0.4) is 0 Å². The predicted octanol–water partition coefficient (Wildman–Crippen LogP) is 1.04. The summed E-state index contributed by atoms with van der Waals surface area (Å²) in [7, 11) is 0. The second-order valence-corrected chi connectivity index (χ2v) is 1.52. The molecule has 0 radical (unpaired) electrons. The van der Waals surface area contributed by atoms with Gasteiger partial charge in [0, 0.05) is 0 Å². The van der Waals surface area contributed by atoms with Crippen molar-refractivity contribution in [1.29, 1.82) is 0 Å². The summed E-state index contributed by atoms with van der Waals surface area (Å²) in [5.74, 6) is -0.410. The maximum atomic E-state index is 10.4. The van der Waals surface area contributed by atoms with Crippen molar-refractivity contribution in [2.45, 2.75) is 6.92 Å². The second kappa shape index (κ2) is 3.13. The number of hydrogen-bond donors (Lipinski definition) is 0. The highest BCUT2D eigenvalue weighted by Gasteiger charge is 2.03. The number of hydrogen-bond acceptors (Lipinski definition) is 1. The highest BCUT2D eigenvalue weighted by Crippen LogP contribution is 1.96. The molecule has 2 nitrogen and oxygen atoms in total. The first-order valence-corrected chi connectivity index (χ1v) is 2.35. The molecule has 0 aromatic heterocycles. The van der Waals surface area contributed by atoms with Crippen molar-refractivity contribution in [3.8, 4) is 0 Å². The van der Waals surface area contributed by atoms with Gasteiger partial charge in [-0.05, 0) is 6.72 Å². The number of rotatable bonds is 2. The monoisotopic (exact) mass is 111 g/mol. The Balaban J connectivity index is 3.80. The van der Waals surface area contributed by atoms with Gasteiger partial charge in [0.15, 0.2) is 0 Å². The molecular weight excluding hydrogens is 102 g/mol. The normalized spacial score (nSPS) is 12.1. The third kappa shape index (κ3) is 1.69. The minimum Gasteiger partial charge on any atom is -0.272 e. The maximum absolute atomic E-state index is 10.4. The van der Waals surface area contributed by atoms with Gasteiger partial charge in [-0.15, -0.1) is 6.58 Å². The Bertz CT molecular complexity index is 118. The van der Waals surface area contributed by atoms with Crippen LogP contribution in [-0.2, 0) is 4.79 Å². The van der Waals surface area contributed by atoms with Crippen LogP contribution in [0.1, 0.15) is 6.92 Å². The average molecular weight is 111 g/mol. The summed E-state index contributed by atoms with van der Waals surface area (Å²) in [4.78, 5) is 13.6. The molecule has 1 atom stereocenters. The van der Waals surface area contributed by atoms with E-state index in [-0.39, 0.29) is 11.8 Å². The molecule has 1 unspecified atom stereocenters. The van der Waals surface area contributed by atoms with Crippen LogP contribution < -0.4 is 0 Å². The zero-order chi connectivity index (χ0) is 6.57. The zero-order valence-electron chi connectivity index (χ0n) is 4.92. The van der Waals surface area contributed by atoms with Crippen molar-refractivity contribution < 1.29 is 4.79 Å². The van der Waals surface area contributed by atoms with Gasteiger partial charge in [-0.1, -0.05) is 13.0 Å². The number of amides is 1. The molecule has 44 valence electrons. The molecule has 0 aliphatic carbocycles.